The molecule has 3 aromatic rings. The van der Waals surface area contributed by atoms with Crippen LogP contribution < -0.4 is 14.8 Å². The van der Waals surface area contributed by atoms with Gasteiger partial charge in [0.05, 0.1) is 20.3 Å². The number of methoxy groups -OCH3 is 1. The first-order valence-electron chi connectivity index (χ1n) is 10.5. The van der Waals surface area contributed by atoms with Crippen LogP contribution in [0.4, 0.5) is 14.5 Å². The molecule has 2 heterocycles. The van der Waals surface area contributed by atoms with Crippen LogP contribution in [0.2, 0.25) is 0 Å². The molecule has 1 aliphatic heterocycles. The Morgan fingerprint density at radius 3 is 2.62 bits per heavy atom. The number of furan rings is 1. The van der Waals surface area contributed by atoms with Gasteiger partial charge in [-0.1, -0.05) is 24.3 Å². The number of nitrogens with one attached hydrogen (secondary N) is 1. The molecule has 10 heteroatoms. The summed E-state index contributed by atoms with van der Waals surface area (Å²) in [5.74, 6) is -1.04. The third kappa shape index (κ3) is 5.01. The molecule has 2 amide bonds. The summed E-state index contributed by atoms with van der Waals surface area (Å²) in [5, 5.41) is 3.25. The van der Waals surface area contributed by atoms with E-state index >= 15 is 0 Å². The zero-order chi connectivity index (χ0) is 24.1. The van der Waals surface area contributed by atoms with Crippen molar-refractivity contribution in [1.29, 1.82) is 0 Å². The van der Waals surface area contributed by atoms with E-state index in [9.17, 15) is 18.4 Å². The van der Waals surface area contributed by atoms with E-state index in [2.05, 4.69) is 10.1 Å². The summed E-state index contributed by atoms with van der Waals surface area (Å²) < 4.78 is 46.4. The number of alkyl halides is 2. The zero-order valence-corrected chi connectivity index (χ0v) is 18.3. The number of morpholine rings is 1. The molecule has 4 rings (SSSR count). The third-order valence-electron chi connectivity index (χ3n) is 5.19. The van der Waals surface area contributed by atoms with Gasteiger partial charge in [0.15, 0.2) is 11.5 Å². The molecule has 1 N–H and O–H groups in total. The van der Waals surface area contributed by atoms with Gasteiger partial charge in [0.25, 0.3) is 5.91 Å². The second kappa shape index (κ2) is 10.3. The minimum atomic E-state index is -3.07. The van der Waals surface area contributed by atoms with Crippen molar-refractivity contribution < 1.29 is 37.0 Å². The van der Waals surface area contributed by atoms with Crippen molar-refractivity contribution >= 4 is 34.5 Å². The smallest absolute Gasteiger partial charge is 0.387 e. The second-order valence-corrected chi connectivity index (χ2v) is 7.29. The fourth-order valence-corrected chi connectivity index (χ4v) is 3.60. The Hall–Kier alpha value is -3.92. The van der Waals surface area contributed by atoms with Crippen molar-refractivity contribution in [2.75, 3.05) is 38.7 Å². The second-order valence-electron chi connectivity index (χ2n) is 7.29. The Balaban J connectivity index is 1.61. The highest BCUT2D eigenvalue weighted by atomic mass is 19.3. The normalized spacial score (nSPS) is 14.1. The lowest BCUT2D eigenvalue weighted by atomic mass is 10.1. The lowest BCUT2D eigenvalue weighted by Gasteiger charge is -2.26. The molecule has 0 radical (unpaired) electrons. The Labute approximate surface area is 193 Å². The van der Waals surface area contributed by atoms with E-state index in [0.717, 1.165) is 6.08 Å². The van der Waals surface area contributed by atoms with Gasteiger partial charge in [0, 0.05) is 30.1 Å². The molecule has 0 unspecified atom stereocenters. The van der Waals surface area contributed by atoms with Gasteiger partial charge in [-0.25, -0.2) is 0 Å². The highest BCUT2D eigenvalue weighted by molar-refractivity contribution is 6.13. The van der Waals surface area contributed by atoms with Crippen LogP contribution in [-0.4, -0.2) is 56.7 Å². The lowest BCUT2D eigenvalue weighted by Crippen LogP contribution is -2.40. The summed E-state index contributed by atoms with van der Waals surface area (Å²) in [5.41, 5.74) is 0.895. The minimum absolute atomic E-state index is 0.00736. The molecule has 8 nitrogen and oxygen atoms in total. The quantitative estimate of drug-likeness (QED) is 0.520. The van der Waals surface area contributed by atoms with Crippen molar-refractivity contribution in [1.82, 2.24) is 4.90 Å². The fraction of sp³-hybridized carbons (Fsp3) is 0.250. The molecule has 0 saturated carbocycles. The number of carbonyl (C=O) groups excluding carboxylic acids is 2. The summed E-state index contributed by atoms with van der Waals surface area (Å²) in [6.07, 6.45) is 2.47. The van der Waals surface area contributed by atoms with Crippen LogP contribution in [0.1, 0.15) is 16.1 Å². The van der Waals surface area contributed by atoms with Gasteiger partial charge in [-0.3, -0.25) is 9.59 Å². The summed E-state index contributed by atoms with van der Waals surface area (Å²) in [4.78, 5) is 27.4. The first kappa shape index (κ1) is 23.2. The molecule has 0 bridgehead atoms. The highest BCUT2D eigenvalue weighted by Crippen LogP contribution is 2.34. The maximum Gasteiger partial charge on any atom is 0.387 e. The molecule has 1 aliphatic rings. The van der Waals surface area contributed by atoms with E-state index in [1.165, 1.54) is 25.3 Å². The van der Waals surface area contributed by atoms with Crippen molar-refractivity contribution in [3.05, 3.63) is 59.9 Å². The monoisotopic (exact) mass is 472 g/mol. The van der Waals surface area contributed by atoms with Crippen LogP contribution in [0, 0.1) is 0 Å². The van der Waals surface area contributed by atoms with Gasteiger partial charge >= 0.3 is 6.61 Å². The highest BCUT2D eigenvalue weighted by Gasteiger charge is 2.27. The van der Waals surface area contributed by atoms with Gasteiger partial charge in [0.2, 0.25) is 11.7 Å². The molecule has 0 aliphatic carbocycles. The van der Waals surface area contributed by atoms with Gasteiger partial charge in [0.1, 0.15) is 11.3 Å². The predicted molar refractivity (Wildman–Crippen MR) is 120 cm³/mol. The van der Waals surface area contributed by atoms with Crippen LogP contribution in [0.15, 0.2) is 53.0 Å². The van der Waals surface area contributed by atoms with Gasteiger partial charge in [-0.2, -0.15) is 8.78 Å². The molecule has 1 fully saturated rings. The Bertz CT molecular complexity index is 1220. The zero-order valence-electron chi connectivity index (χ0n) is 18.3. The molecule has 1 saturated heterocycles. The fourth-order valence-electron chi connectivity index (χ4n) is 3.60. The average Bonchev–Trinajstić information content (AvgIpc) is 3.21. The number of rotatable bonds is 7. The first-order chi connectivity index (χ1) is 16.5. The van der Waals surface area contributed by atoms with Crippen LogP contribution in [0.5, 0.6) is 11.5 Å². The molecular weight excluding hydrogens is 450 g/mol. The van der Waals surface area contributed by atoms with E-state index in [1.54, 1.807) is 35.2 Å². The first-order valence-corrected chi connectivity index (χ1v) is 10.5. The SMILES string of the molecule is COc1cccc(/C=C/C(=O)Nc2c(C(=O)N3CCOCC3)oc3ccccc23)c1OC(F)F. The Morgan fingerprint density at radius 2 is 1.88 bits per heavy atom. The van der Waals surface area contributed by atoms with E-state index in [4.69, 9.17) is 13.9 Å². The van der Waals surface area contributed by atoms with Crippen LogP contribution in [0.25, 0.3) is 17.0 Å². The molecule has 2 aromatic carbocycles. The van der Waals surface area contributed by atoms with E-state index in [1.807, 2.05) is 0 Å². The summed E-state index contributed by atoms with van der Waals surface area (Å²) >= 11 is 0. The summed E-state index contributed by atoms with van der Waals surface area (Å²) in [7, 11) is 1.32. The number of carbonyl (C=O) groups is 2. The number of para-hydroxylation sites is 2. The largest absolute Gasteiger partial charge is 0.493 e. The molecule has 1 aromatic heterocycles. The van der Waals surface area contributed by atoms with Crippen molar-refractivity contribution in [2.45, 2.75) is 6.61 Å². The van der Waals surface area contributed by atoms with E-state index < -0.39 is 12.5 Å². The Kier molecular flexibility index (Phi) is 7.07. The number of halogens is 2. The van der Waals surface area contributed by atoms with Crippen molar-refractivity contribution in [2.24, 2.45) is 0 Å². The molecule has 0 atom stereocenters. The van der Waals surface area contributed by atoms with Crippen LogP contribution in [-0.2, 0) is 9.53 Å². The number of amides is 2. The van der Waals surface area contributed by atoms with Gasteiger partial charge < -0.3 is 28.8 Å². The predicted octanol–water partition coefficient (Wildman–Crippen LogP) is 4.17. The van der Waals surface area contributed by atoms with Crippen molar-refractivity contribution in [3.63, 3.8) is 0 Å². The topological polar surface area (TPSA) is 90.2 Å². The summed E-state index contributed by atoms with van der Waals surface area (Å²) in [6, 6.07) is 11.5. The Morgan fingerprint density at radius 1 is 1.12 bits per heavy atom. The number of hydrogen-bond acceptors (Lipinski definition) is 6. The lowest BCUT2D eigenvalue weighted by molar-refractivity contribution is -0.111. The molecule has 34 heavy (non-hydrogen) atoms. The number of benzene rings is 2. The molecule has 0 spiro atoms. The van der Waals surface area contributed by atoms with Crippen molar-refractivity contribution in [3.8, 4) is 11.5 Å². The standard InChI is InChI=1S/C24H22F2N2O6/c1-31-18-8-4-5-15(21(18)34-24(25)26)9-10-19(29)27-20-16-6-2-3-7-17(16)33-22(20)23(30)28-11-13-32-14-12-28/h2-10,24H,11-14H2,1H3,(H,27,29)/b10-9+. The van der Waals surface area contributed by atoms with Crippen LogP contribution >= 0.6 is 0 Å². The number of ether oxygens (including phenoxy) is 3. The minimum Gasteiger partial charge on any atom is -0.493 e. The number of nitrogens with zero attached hydrogens (tertiary/aromatic N) is 1. The maximum atomic E-state index is 13.1. The number of anilines is 1. The van der Waals surface area contributed by atoms with Gasteiger partial charge in [-0.05, 0) is 24.3 Å². The van der Waals surface area contributed by atoms with E-state index in [0.29, 0.717) is 37.3 Å². The number of fused-ring (bicyclic) bond motifs is 1. The maximum absolute atomic E-state index is 13.1. The molecule has 178 valence electrons. The van der Waals surface area contributed by atoms with E-state index in [-0.39, 0.29) is 34.4 Å². The third-order valence-corrected chi connectivity index (χ3v) is 5.19. The van der Waals surface area contributed by atoms with Crippen LogP contribution in [0.3, 0.4) is 0 Å². The number of hydrogen-bond donors (Lipinski definition) is 1. The summed E-state index contributed by atoms with van der Waals surface area (Å²) in [6.45, 7) is -1.42. The molecular formula is C24H22F2N2O6. The average molecular weight is 472 g/mol. The van der Waals surface area contributed by atoms with Gasteiger partial charge in [-0.15, -0.1) is 0 Å².